The van der Waals surface area contributed by atoms with Gasteiger partial charge in [-0.15, -0.1) is 0 Å². The minimum Gasteiger partial charge on any atom is -0.298 e. The van der Waals surface area contributed by atoms with Crippen LogP contribution in [0.25, 0.3) is 6.08 Å². The first-order chi connectivity index (χ1) is 16.3. The number of aryl methyl sites for hydroxylation is 2. The van der Waals surface area contributed by atoms with Crippen molar-refractivity contribution < 1.29 is 14.4 Å². The van der Waals surface area contributed by atoms with Crippen LogP contribution < -0.4 is 15.6 Å². The third-order valence-corrected chi connectivity index (χ3v) is 6.02. The van der Waals surface area contributed by atoms with Gasteiger partial charge in [0, 0.05) is 17.0 Å². The van der Waals surface area contributed by atoms with Crippen molar-refractivity contribution in [1.82, 2.24) is 9.99 Å². The number of para-hydroxylation sites is 1. The molecule has 8 heteroatoms. The van der Waals surface area contributed by atoms with Gasteiger partial charge in [-0.1, -0.05) is 43.3 Å². The second-order valence-electron chi connectivity index (χ2n) is 7.91. The molecule has 2 heterocycles. The van der Waals surface area contributed by atoms with E-state index in [4.69, 9.17) is 12.2 Å². The molecule has 1 saturated heterocycles. The highest BCUT2D eigenvalue weighted by Crippen LogP contribution is 2.27. The lowest BCUT2D eigenvalue weighted by molar-refractivity contribution is -0.122. The van der Waals surface area contributed by atoms with Crippen LogP contribution in [0, 0.1) is 13.8 Å². The summed E-state index contributed by atoms with van der Waals surface area (Å²) in [6.45, 7) is 5.64. The molecule has 0 atom stereocenters. The van der Waals surface area contributed by atoms with E-state index in [2.05, 4.69) is 10.7 Å². The Bertz CT molecular complexity index is 1340. The molecule has 0 radical (unpaired) electrons. The monoisotopic (exact) mass is 472 g/mol. The van der Waals surface area contributed by atoms with Gasteiger partial charge in [0.05, 0.1) is 5.69 Å². The number of carbonyl (C=O) groups is 3. The number of benzene rings is 2. The Morgan fingerprint density at radius 1 is 1.06 bits per heavy atom. The number of amides is 3. The van der Waals surface area contributed by atoms with Crippen LogP contribution in [-0.4, -0.2) is 27.5 Å². The van der Waals surface area contributed by atoms with E-state index in [9.17, 15) is 14.4 Å². The zero-order chi connectivity index (χ0) is 24.4. The number of nitrogens with one attached hydrogen (secondary N) is 2. The van der Waals surface area contributed by atoms with Crippen LogP contribution in [0.3, 0.4) is 0 Å². The average molecular weight is 473 g/mol. The van der Waals surface area contributed by atoms with Gasteiger partial charge in [0.2, 0.25) is 0 Å². The number of hydrogen-bond donors (Lipinski definition) is 2. The van der Waals surface area contributed by atoms with E-state index < -0.39 is 11.8 Å². The molecule has 7 nitrogen and oxygen atoms in total. The lowest BCUT2D eigenvalue weighted by atomic mass is 10.0. The third-order valence-electron chi connectivity index (χ3n) is 5.73. The molecule has 1 aliphatic rings. The molecule has 4 rings (SSSR count). The largest absolute Gasteiger partial charge is 0.298 e. The average Bonchev–Trinajstić information content (AvgIpc) is 3.09. The fraction of sp³-hybridized carbons (Fsp3) is 0.154. The van der Waals surface area contributed by atoms with Crippen LogP contribution in [0.1, 0.15) is 39.8 Å². The van der Waals surface area contributed by atoms with E-state index in [-0.39, 0.29) is 16.6 Å². The number of rotatable bonds is 5. The Hall–Kier alpha value is -4.04. The fourth-order valence-corrected chi connectivity index (χ4v) is 4.20. The SMILES string of the molecule is CCc1ccccc1N1C(=O)/C(=C/c2cc(C)n(NC(=O)c3ccccc3)c2C)C(=O)NC1=S. The molecule has 1 aromatic heterocycles. The van der Waals surface area contributed by atoms with Crippen molar-refractivity contribution >= 4 is 46.8 Å². The zero-order valence-electron chi connectivity index (χ0n) is 19.1. The van der Waals surface area contributed by atoms with Gasteiger partial charge < -0.3 is 0 Å². The quantitative estimate of drug-likeness (QED) is 0.335. The topological polar surface area (TPSA) is 83.4 Å². The van der Waals surface area contributed by atoms with Crippen molar-refractivity contribution in [2.75, 3.05) is 10.3 Å². The van der Waals surface area contributed by atoms with Gasteiger partial charge in [-0.2, -0.15) is 0 Å². The molecular formula is C26H24N4O3S. The minimum atomic E-state index is -0.557. The van der Waals surface area contributed by atoms with Crippen LogP contribution >= 0.6 is 12.2 Å². The molecule has 3 amide bonds. The highest BCUT2D eigenvalue weighted by molar-refractivity contribution is 7.80. The third kappa shape index (κ3) is 4.27. The molecule has 1 aliphatic heterocycles. The van der Waals surface area contributed by atoms with Gasteiger partial charge in [0.1, 0.15) is 5.57 Å². The van der Waals surface area contributed by atoms with Crippen molar-refractivity contribution in [1.29, 1.82) is 0 Å². The molecule has 0 spiro atoms. The molecule has 0 saturated carbocycles. The van der Waals surface area contributed by atoms with E-state index in [1.165, 1.54) is 11.0 Å². The lowest BCUT2D eigenvalue weighted by Gasteiger charge is -2.30. The number of carbonyl (C=O) groups excluding carboxylic acids is 3. The highest BCUT2D eigenvalue weighted by atomic mass is 32.1. The maximum Gasteiger partial charge on any atom is 0.270 e. The summed E-state index contributed by atoms with van der Waals surface area (Å²) < 4.78 is 1.64. The van der Waals surface area contributed by atoms with Crippen molar-refractivity contribution in [2.45, 2.75) is 27.2 Å². The maximum atomic E-state index is 13.4. The number of nitrogens with zero attached hydrogens (tertiary/aromatic N) is 2. The van der Waals surface area contributed by atoms with E-state index in [1.54, 1.807) is 28.9 Å². The first kappa shape index (κ1) is 23.1. The molecule has 0 aliphatic carbocycles. The van der Waals surface area contributed by atoms with Gasteiger partial charge in [0.25, 0.3) is 17.7 Å². The number of aromatic nitrogens is 1. The summed E-state index contributed by atoms with van der Waals surface area (Å²) in [6, 6.07) is 18.1. The Balaban J connectivity index is 1.69. The van der Waals surface area contributed by atoms with E-state index in [0.717, 1.165) is 11.3 Å². The smallest absolute Gasteiger partial charge is 0.270 e. The van der Waals surface area contributed by atoms with Crippen molar-refractivity contribution in [3.63, 3.8) is 0 Å². The highest BCUT2D eigenvalue weighted by Gasteiger charge is 2.35. The summed E-state index contributed by atoms with van der Waals surface area (Å²) in [5, 5.41) is 2.68. The normalized spacial score (nSPS) is 15.0. The van der Waals surface area contributed by atoms with Crippen molar-refractivity contribution in [2.24, 2.45) is 0 Å². The number of anilines is 1. The molecule has 0 bridgehead atoms. The Kier molecular flexibility index (Phi) is 6.43. The van der Waals surface area contributed by atoms with Crippen LogP contribution in [0.5, 0.6) is 0 Å². The molecule has 1 fully saturated rings. The van der Waals surface area contributed by atoms with Gasteiger partial charge in [-0.3, -0.25) is 34.7 Å². The second kappa shape index (κ2) is 9.44. The summed E-state index contributed by atoms with van der Waals surface area (Å²) in [5.74, 6) is -1.31. The van der Waals surface area contributed by atoms with Gasteiger partial charge in [0.15, 0.2) is 5.11 Å². The zero-order valence-corrected chi connectivity index (χ0v) is 19.9. The molecule has 34 heavy (non-hydrogen) atoms. The fourth-order valence-electron chi connectivity index (χ4n) is 3.92. The minimum absolute atomic E-state index is 0.0332. The first-order valence-corrected chi connectivity index (χ1v) is 11.3. The molecule has 172 valence electrons. The molecule has 2 aromatic carbocycles. The van der Waals surface area contributed by atoms with E-state index in [0.29, 0.717) is 28.9 Å². The Labute approximate surface area is 203 Å². The standard InChI is InChI=1S/C26H24N4O3S/c1-4-18-10-8-9-13-22(18)29-25(33)21(24(32)27-26(29)34)15-20-14-16(2)30(17(20)3)28-23(31)19-11-6-5-7-12-19/h5-15H,4H2,1-3H3,(H,28,31)(H,27,32,34)/b21-15+. The summed E-state index contributed by atoms with van der Waals surface area (Å²) >= 11 is 5.33. The van der Waals surface area contributed by atoms with Crippen LogP contribution in [-0.2, 0) is 16.0 Å². The lowest BCUT2D eigenvalue weighted by Crippen LogP contribution is -2.54. The summed E-state index contributed by atoms with van der Waals surface area (Å²) in [6.07, 6.45) is 2.24. The van der Waals surface area contributed by atoms with Crippen LogP contribution in [0.2, 0.25) is 0 Å². The summed E-state index contributed by atoms with van der Waals surface area (Å²) in [7, 11) is 0. The Morgan fingerprint density at radius 3 is 2.44 bits per heavy atom. The van der Waals surface area contributed by atoms with E-state index in [1.807, 2.05) is 57.2 Å². The molecule has 2 N–H and O–H groups in total. The number of thiocarbonyl (C=S) groups is 1. The van der Waals surface area contributed by atoms with Gasteiger partial charge in [-0.25, -0.2) is 0 Å². The number of hydrogen-bond acceptors (Lipinski definition) is 4. The maximum absolute atomic E-state index is 13.4. The Morgan fingerprint density at radius 2 is 1.74 bits per heavy atom. The summed E-state index contributed by atoms with van der Waals surface area (Å²) in [4.78, 5) is 40.1. The molecule has 3 aromatic rings. The van der Waals surface area contributed by atoms with Crippen LogP contribution in [0.15, 0.2) is 66.2 Å². The first-order valence-electron chi connectivity index (χ1n) is 10.9. The second-order valence-corrected chi connectivity index (χ2v) is 8.30. The van der Waals surface area contributed by atoms with Crippen molar-refractivity contribution in [3.05, 3.63) is 94.3 Å². The molecule has 0 unspecified atom stereocenters. The predicted octanol–water partition coefficient (Wildman–Crippen LogP) is 3.88. The van der Waals surface area contributed by atoms with E-state index >= 15 is 0 Å². The van der Waals surface area contributed by atoms with Crippen LogP contribution in [0.4, 0.5) is 5.69 Å². The molecular weight excluding hydrogens is 448 g/mol. The predicted molar refractivity (Wildman–Crippen MR) is 136 cm³/mol. The summed E-state index contributed by atoms with van der Waals surface area (Å²) in [5.41, 5.74) is 7.01. The van der Waals surface area contributed by atoms with Gasteiger partial charge in [-0.05, 0) is 74.0 Å². The van der Waals surface area contributed by atoms with Crippen molar-refractivity contribution in [3.8, 4) is 0 Å². The van der Waals surface area contributed by atoms with Gasteiger partial charge >= 0.3 is 0 Å².